The van der Waals surface area contributed by atoms with Gasteiger partial charge in [0.05, 0.1) is 10.0 Å². The number of anilines is 1. The molecule has 0 atom stereocenters. The van der Waals surface area contributed by atoms with Crippen LogP contribution in [0.25, 0.3) is 10.8 Å². The van der Waals surface area contributed by atoms with E-state index < -0.39 is 0 Å². The molecular formula is C21H19Cl2N5O. The van der Waals surface area contributed by atoms with E-state index >= 15 is 0 Å². The van der Waals surface area contributed by atoms with Crippen LogP contribution < -0.4 is 10.1 Å². The number of benzene rings is 3. The zero-order valence-corrected chi connectivity index (χ0v) is 17.3. The molecule has 0 fully saturated rings. The van der Waals surface area contributed by atoms with Crippen LogP contribution in [0.15, 0.2) is 54.6 Å². The number of aromatic nitrogens is 4. The van der Waals surface area contributed by atoms with Gasteiger partial charge in [-0.1, -0.05) is 64.7 Å². The molecule has 8 heteroatoms. The predicted molar refractivity (Wildman–Crippen MR) is 116 cm³/mol. The van der Waals surface area contributed by atoms with Crippen LogP contribution in [0.1, 0.15) is 18.1 Å². The van der Waals surface area contributed by atoms with E-state index in [0.717, 1.165) is 27.6 Å². The van der Waals surface area contributed by atoms with E-state index in [9.17, 15) is 0 Å². The van der Waals surface area contributed by atoms with E-state index in [1.807, 2.05) is 37.3 Å². The molecule has 0 spiro atoms. The van der Waals surface area contributed by atoms with Gasteiger partial charge in [-0.15, -0.1) is 0 Å². The number of fused-ring (bicyclic) bond motifs is 1. The second-order valence-corrected chi connectivity index (χ2v) is 7.29. The van der Waals surface area contributed by atoms with Crippen LogP contribution in [-0.2, 0) is 19.7 Å². The molecule has 0 unspecified atom stereocenters. The van der Waals surface area contributed by atoms with Crippen LogP contribution in [0.5, 0.6) is 5.75 Å². The maximum absolute atomic E-state index is 6.15. The third-order valence-electron chi connectivity index (χ3n) is 4.63. The number of hydrogen-bond donors (Lipinski definition) is 1. The Morgan fingerprint density at radius 2 is 1.90 bits per heavy atom. The van der Waals surface area contributed by atoms with Gasteiger partial charge in [0, 0.05) is 18.7 Å². The van der Waals surface area contributed by atoms with Crippen LogP contribution in [0.2, 0.25) is 10.0 Å². The predicted octanol–water partition coefficient (Wildman–Crippen LogP) is 5.34. The summed E-state index contributed by atoms with van der Waals surface area (Å²) < 4.78 is 7.86. The summed E-state index contributed by atoms with van der Waals surface area (Å²) in [5, 5.41) is 18.3. The Balaban J connectivity index is 1.62. The minimum absolute atomic E-state index is 0.384. The minimum atomic E-state index is 0.384. The maximum atomic E-state index is 6.15. The molecule has 0 amide bonds. The molecule has 4 aromatic rings. The van der Waals surface area contributed by atoms with Gasteiger partial charge >= 0.3 is 0 Å². The molecule has 0 saturated heterocycles. The number of halogens is 2. The van der Waals surface area contributed by atoms with Gasteiger partial charge in [0.2, 0.25) is 5.95 Å². The molecule has 0 aliphatic heterocycles. The zero-order chi connectivity index (χ0) is 20.2. The van der Waals surface area contributed by atoms with Crippen LogP contribution >= 0.6 is 23.2 Å². The van der Waals surface area contributed by atoms with Crippen molar-refractivity contribution in [1.82, 2.24) is 20.2 Å². The van der Waals surface area contributed by atoms with E-state index in [-0.39, 0.29) is 0 Å². The lowest BCUT2D eigenvalue weighted by atomic mass is 10.0. The highest BCUT2D eigenvalue weighted by molar-refractivity contribution is 6.42. The first-order valence-electron chi connectivity index (χ1n) is 9.23. The van der Waals surface area contributed by atoms with Crippen molar-refractivity contribution in [2.75, 3.05) is 5.32 Å². The first-order valence-corrected chi connectivity index (χ1v) is 9.98. The summed E-state index contributed by atoms with van der Waals surface area (Å²) in [4.78, 5) is 0. The van der Waals surface area contributed by atoms with Gasteiger partial charge in [-0.05, 0) is 51.9 Å². The Labute approximate surface area is 178 Å². The monoisotopic (exact) mass is 427 g/mol. The largest absolute Gasteiger partial charge is 0.489 e. The van der Waals surface area contributed by atoms with Gasteiger partial charge in [-0.25, -0.2) is 4.68 Å². The fourth-order valence-electron chi connectivity index (χ4n) is 3.14. The quantitative estimate of drug-likeness (QED) is 0.430. The van der Waals surface area contributed by atoms with Crippen LogP contribution in [0.3, 0.4) is 0 Å². The first-order chi connectivity index (χ1) is 14.2. The van der Waals surface area contributed by atoms with Crippen LogP contribution in [-0.4, -0.2) is 20.2 Å². The minimum Gasteiger partial charge on any atom is -0.489 e. The van der Waals surface area contributed by atoms with Crippen molar-refractivity contribution in [3.63, 3.8) is 0 Å². The average Bonchev–Trinajstić information content (AvgIpc) is 3.20. The average molecular weight is 428 g/mol. The molecule has 1 N–H and O–H groups in total. The molecule has 0 radical (unpaired) electrons. The van der Waals surface area contributed by atoms with E-state index in [4.69, 9.17) is 27.9 Å². The second kappa shape index (κ2) is 8.68. The third kappa shape index (κ3) is 4.28. The van der Waals surface area contributed by atoms with E-state index in [1.54, 1.807) is 10.7 Å². The molecule has 0 saturated carbocycles. The fraction of sp³-hybridized carbons (Fsp3) is 0.190. The lowest BCUT2D eigenvalue weighted by Crippen LogP contribution is -2.09. The molecule has 0 aliphatic carbocycles. The number of hydrogen-bond acceptors (Lipinski definition) is 5. The summed E-state index contributed by atoms with van der Waals surface area (Å²) in [5.41, 5.74) is 1.98. The molecular weight excluding hydrogens is 409 g/mol. The smallest absolute Gasteiger partial charge is 0.243 e. The van der Waals surface area contributed by atoms with E-state index in [1.165, 1.54) is 0 Å². The van der Waals surface area contributed by atoms with Crippen molar-refractivity contribution in [3.05, 3.63) is 75.8 Å². The number of nitrogens with one attached hydrogen (secondary N) is 1. The lowest BCUT2D eigenvalue weighted by Gasteiger charge is -2.15. The molecule has 6 nitrogen and oxygen atoms in total. The third-order valence-corrected chi connectivity index (χ3v) is 5.37. The number of rotatable bonds is 7. The molecule has 1 aromatic heterocycles. The molecule has 0 aliphatic rings. The van der Waals surface area contributed by atoms with Crippen molar-refractivity contribution < 1.29 is 4.74 Å². The molecule has 4 rings (SSSR count). The molecule has 29 heavy (non-hydrogen) atoms. The SMILES string of the molecule is CCn1nnnc1NCc1c(OCc2ccc(Cl)c(Cl)c2)ccc2ccccc12. The van der Waals surface area contributed by atoms with Crippen molar-refractivity contribution in [2.24, 2.45) is 0 Å². The summed E-state index contributed by atoms with van der Waals surface area (Å²) >= 11 is 12.1. The van der Waals surface area contributed by atoms with Crippen molar-refractivity contribution >= 4 is 39.9 Å². The number of aryl methyl sites for hydroxylation is 1. The van der Waals surface area contributed by atoms with Crippen molar-refractivity contribution in [1.29, 1.82) is 0 Å². The summed E-state index contributed by atoms with van der Waals surface area (Å²) in [6, 6.07) is 17.7. The normalized spacial score (nSPS) is 11.0. The Morgan fingerprint density at radius 1 is 1.03 bits per heavy atom. The fourth-order valence-corrected chi connectivity index (χ4v) is 3.46. The Hall–Kier alpha value is -2.83. The Bertz CT molecular complexity index is 1150. The van der Waals surface area contributed by atoms with E-state index in [0.29, 0.717) is 35.7 Å². The second-order valence-electron chi connectivity index (χ2n) is 6.47. The van der Waals surface area contributed by atoms with Gasteiger partial charge in [0.1, 0.15) is 12.4 Å². The first kappa shape index (κ1) is 19.5. The highest BCUT2D eigenvalue weighted by Crippen LogP contribution is 2.30. The summed E-state index contributed by atoms with van der Waals surface area (Å²) in [6.45, 7) is 3.59. The van der Waals surface area contributed by atoms with Crippen LogP contribution in [0.4, 0.5) is 5.95 Å². The van der Waals surface area contributed by atoms with Crippen molar-refractivity contribution in [3.8, 4) is 5.75 Å². The van der Waals surface area contributed by atoms with Gasteiger partial charge in [-0.3, -0.25) is 0 Å². The van der Waals surface area contributed by atoms with Gasteiger partial charge in [0.25, 0.3) is 0 Å². The molecule has 3 aromatic carbocycles. The number of nitrogens with zero attached hydrogens (tertiary/aromatic N) is 4. The lowest BCUT2D eigenvalue weighted by molar-refractivity contribution is 0.304. The standard InChI is InChI=1S/C21H19Cl2N5O/c1-2-28-21(25-26-27-28)24-12-17-16-6-4-3-5-15(16)8-10-20(17)29-13-14-7-9-18(22)19(23)11-14/h3-11H,2,12-13H2,1H3,(H,24,25,27). The van der Waals surface area contributed by atoms with Gasteiger partial charge in [-0.2, -0.15) is 0 Å². The van der Waals surface area contributed by atoms with Crippen molar-refractivity contribution in [2.45, 2.75) is 26.6 Å². The maximum Gasteiger partial charge on any atom is 0.243 e. The Morgan fingerprint density at radius 3 is 2.72 bits per heavy atom. The molecule has 0 bridgehead atoms. The highest BCUT2D eigenvalue weighted by atomic mass is 35.5. The number of tetrazole rings is 1. The highest BCUT2D eigenvalue weighted by Gasteiger charge is 2.12. The topological polar surface area (TPSA) is 64.9 Å². The zero-order valence-electron chi connectivity index (χ0n) is 15.8. The molecule has 148 valence electrons. The van der Waals surface area contributed by atoms with E-state index in [2.05, 4.69) is 39.0 Å². The summed E-state index contributed by atoms with van der Waals surface area (Å²) in [5.74, 6) is 1.41. The molecule has 1 heterocycles. The van der Waals surface area contributed by atoms with Crippen LogP contribution in [0, 0.1) is 0 Å². The summed E-state index contributed by atoms with van der Waals surface area (Å²) in [6.07, 6.45) is 0. The Kier molecular flexibility index (Phi) is 5.83. The summed E-state index contributed by atoms with van der Waals surface area (Å²) in [7, 11) is 0. The number of ether oxygens (including phenoxy) is 1. The van der Waals surface area contributed by atoms with Gasteiger partial charge < -0.3 is 10.1 Å². The van der Waals surface area contributed by atoms with Gasteiger partial charge in [0.15, 0.2) is 0 Å².